The first-order chi connectivity index (χ1) is 9.97. The molecule has 0 radical (unpaired) electrons. The van der Waals surface area contributed by atoms with Crippen LogP contribution in [0.15, 0.2) is 12.1 Å². The second-order valence-corrected chi connectivity index (χ2v) is 6.84. The number of alkyl halides is 1. The maximum absolute atomic E-state index is 13.9. The van der Waals surface area contributed by atoms with Gasteiger partial charge in [0.05, 0.1) is 20.0 Å². The summed E-state index contributed by atoms with van der Waals surface area (Å²) in [5.41, 5.74) is 1.63. The lowest BCUT2D eigenvalue weighted by Crippen LogP contribution is -2.27. The van der Waals surface area contributed by atoms with E-state index < -0.39 is 0 Å². The predicted octanol–water partition coefficient (Wildman–Crippen LogP) is 4.42. The molecule has 0 saturated carbocycles. The molecule has 0 fully saturated rings. The van der Waals surface area contributed by atoms with E-state index in [1.165, 1.54) is 0 Å². The molecule has 0 spiro atoms. The Morgan fingerprint density at radius 2 is 2.05 bits per heavy atom. The van der Waals surface area contributed by atoms with Crippen LogP contribution in [0.25, 0.3) is 11.0 Å². The maximum Gasteiger partial charge on any atom is 0.138 e. The van der Waals surface area contributed by atoms with E-state index in [-0.39, 0.29) is 11.2 Å². The number of hydrogen-bond donors (Lipinski definition) is 0. The van der Waals surface area contributed by atoms with Gasteiger partial charge in [0.2, 0.25) is 0 Å². The van der Waals surface area contributed by atoms with E-state index in [4.69, 9.17) is 11.6 Å². The zero-order valence-corrected chi connectivity index (χ0v) is 15.4. The molecule has 0 saturated heterocycles. The molecule has 0 aliphatic carbocycles. The van der Waals surface area contributed by atoms with Gasteiger partial charge in [-0.3, -0.25) is 0 Å². The first kappa shape index (κ1) is 17.0. The van der Waals surface area contributed by atoms with Gasteiger partial charge < -0.3 is 9.47 Å². The molecule has 0 bridgehead atoms. The van der Waals surface area contributed by atoms with Crippen LogP contribution >= 0.6 is 34.2 Å². The lowest BCUT2D eigenvalue weighted by molar-refractivity contribution is 0.290. The summed E-state index contributed by atoms with van der Waals surface area (Å²) in [5, 5.41) is -0.199. The van der Waals surface area contributed by atoms with Crippen LogP contribution in [0, 0.1) is 9.39 Å². The summed E-state index contributed by atoms with van der Waals surface area (Å²) in [6.07, 6.45) is 0. The first-order valence-electron chi connectivity index (χ1n) is 7.19. The van der Waals surface area contributed by atoms with Crippen molar-refractivity contribution in [1.29, 1.82) is 0 Å². The number of fused-ring (bicyclic) bond motifs is 1. The lowest BCUT2D eigenvalue weighted by Gasteiger charge is -2.19. The van der Waals surface area contributed by atoms with Crippen LogP contribution < -0.4 is 0 Å². The molecule has 116 valence electrons. The van der Waals surface area contributed by atoms with Gasteiger partial charge in [0.1, 0.15) is 11.6 Å². The molecule has 6 heteroatoms. The minimum atomic E-state index is -0.208. The van der Waals surface area contributed by atoms with Gasteiger partial charge in [-0.1, -0.05) is 13.8 Å². The monoisotopic (exact) mass is 423 g/mol. The number of imidazole rings is 1. The molecule has 0 aliphatic heterocycles. The smallest absolute Gasteiger partial charge is 0.138 e. The number of likely N-dealkylation sites (N-methyl/N-ethyl adjacent to an activating group) is 1. The Kier molecular flexibility index (Phi) is 5.85. The van der Waals surface area contributed by atoms with Crippen molar-refractivity contribution >= 4 is 45.2 Å². The van der Waals surface area contributed by atoms with Crippen molar-refractivity contribution in [1.82, 2.24) is 14.5 Å². The molecule has 1 aromatic heterocycles. The van der Waals surface area contributed by atoms with Gasteiger partial charge in [-0.15, -0.1) is 11.6 Å². The standard InChI is InChI=1S/C15H20ClFIN3/c1-4-20(5-2)6-7-21-14-8-11(17)12(18)9-13(14)19-15(21)10(3)16/h8-10H,4-7H2,1-3H3. The van der Waals surface area contributed by atoms with Gasteiger partial charge in [-0.05, 0) is 48.7 Å². The molecular formula is C15H20ClFIN3. The van der Waals surface area contributed by atoms with Crippen molar-refractivity contribution in [3.63, 3.8) is 0 Å². The van der Waals surface area contributed by atoms with Gasteiger partial charge in [0, 0.05) is 19.2 Å². The molecule has 0 aliphatic rings. The van der Waals surface area contributed by atoms with Crippen LogP contribution in [0.3, 0.4) is 0 Å². The average molecular weight is 424 g/mol. The van der Waals surface area contributed by atoms with Crippen LogP contribution in [0.4, 0.5) is 4.39 Å². The van der Waals surface area contributed by atoms with Crippen molar-refractivity contribution in [3.05, 3.63) is 27.3 Å². The third kappa shape index (κ3) is 3.68. The summed E-state index contributed by atoms with van der Waals surface area (Å²) < 4.78 is 16.5. The van der Waals surface area contributed by atoms with Gasteiger partial charge in [0.15, 0.2) is 0 Å². The number of benzene rings is 1. The average Bonchev–Trinajstić information content (AvgIpc) is 2.79. The molecule has 3 nitrogen and oxygen atoms in total. The van der Waals surface area contributed by atoms with Crippen molar-refractivity contribution in [2.75, 3.05) is 19.6 Å². The normalized spacial score (nSPS) is 13.3. The number of rotatable bonds is 6. The van der Waals surface area contributed by atoms with Crippen LogP contribution in [0.2, 0.25) is 0 Å². The molecule has 1 atom stereocenters. The Hall–Kier alpha value is -0.400. The highest BCUT2D eigenvalue weighted by Gasteiger charge is 2.17. The van der Waals surface area contributed by atoms with Crippen molar-refractivity contribution in [3.8, 4) is 0 Å². The molecule has 2 aromatic rings. The van der Waals surface area contributed by atoms with E-state index in [0.29, 0.717) is 3.57 Å². The highest BCUT2D eigenvalue weighted by atomic mass is 127. The fourth-order valence-corrected chi connectivity index (χ4v) is 3.08. The summed E-state index contributed by atoms with van der Waals surface area (Å²) in [7, 11) is 0. The second kappa shape index (κ2) is 7.24. The number of halogens is 3. The molecule has 1 unspecified atom stereocenters. The van der Waals surface area contributed by atoms with E-state index in [9.17, 15) is 4.39 Å². The summed E-state index contributed by atoms with van der Waals surface area (Å²) in [6.45, 7) is 9.86. The minimum absolute atomic E-state index is 0.199. The molecule has 0 N–H and O–H groups in total. The van der Waals surface area contributed by atoms with Gasteiger partial charge in [-0.2, -0.15) is 0 Å². The van der Waals surface area contributed by atoms with E-state index in [2.05, 4.69) is 23.7 Å². The SMILES string of the molecule is CCN(CC)CCn1c(C(C)Cl)nc2cc(I)c(F)cc21. The Balaban J connectivity index is 2.43. The Morgan fingerprint density at radius 3 is 2.62 bits per heavy atom. The fraction of sp³-hybridized carbons (Fsp3) is 0.533. The van der Waals surface area contributed by atoms with Crippen LogP contribution in [-0.4, -0.2) is 34.1 Å². The number of nitrogens with zero attached hydrogens (tertiary/aromatic N) is 3. The molecule has 2 rings (SSSR count). The molecule has 1 aromatic carbocycles. The Morgan fingerprint density at radius 1 is 1.38 bits per heavy atom. The lowest BCUT2D eigenvalue weighted by atomic mass is 10.3. The van der Waals surface area contributed by atoms with Gasteiger partial charge in [0.25, 0.3) is 0 Å². The number of aromatic nitrogens is 2. The highest BCUT2D eigenvalue weighted by Crippen LogP contribution is 2.27. The summed E-state index contributed by atoms with van der Waals surface area (Å²) in [5.74, 6) is 0.598. The van der Waals surface area contributed by atoms with Crippen LogP contribution in [0.5, 0.6) is 0 Å². The van der Waals surface area contributed by atoms with Crippen molar-refractivity contribution in [2.24, 2.45) is 0 Å². The third-order valence-corrected chi connectivity index (χ3v) is 4.73. The molecular weight excluding hydrogens is 404 g/mol. The maximum atomic E-state index is 13.9. The zero-order chi connectivity index (χ0) is 15.6. The van der Waals surface area contributed by atoms with E-state index >= 15 is 0 Å². The largest absolute Gasteiger partial charge is 0.325 e. The summed E-state index contributed by atoms with van der Waals surface area (Å²) in [6, 6.07) is 3.34. The van der Waals surface area contributed by atoms with Crippen molar-refractivity contribution in [2.45, 2.75) is 32.7 Å². The Bertz CT molecular complexity index is 623. The molecule has 0 amide bonds. The van der Waals surface area contributed by atoms with E-state index in [0.717, 1.165) is 43.0 Å². The zero-order valence-electron chi connectivity index (χ0n) is 12.5. The predicted molar refractivity (Wildman–Crippen MR) is 94.5 cm³/mol. The topological polar surface area (TPSA) is 21.1 Å². The van der Waals surface area contributed by atoms with E-state index in [1.807, 2.05) is 34.1 Å². The fourth-order valence-electron chi connectivity index (χ4n) is 2.46. The summed E-state index contributed by atoms with van der Waals surface area (Å²) >= 11 is 8.24. The number of hydrogen-bond acceptors (Lipinski definition) is 2. The van der Waals surface area contributed by atoms with Crippen LogP contribution in [-0.2, 0) is 6.54 Å². The molecule has 1 heterocycles. The highest BCUT2D eigenvalue weighted by molar-refractivity contribution is 14.1. The summed E-state index contributed by atoms with van der Waals surface area (Å²) in [4.78, 5) is 6.92. The third-order valence-electron chi connectivity index (χ3n) is 3.71. The van der Waals surface area contributed by atoms with Crippen molar-refractivity contribution < 1.29 is 4.39 Å². The van der Waals surface area contributed by atoms with Crippen LogP contribution in [0.1, 0.15) is 32.0 Å². The minimum Gasteiger partial charge on any atom is -0.325 e. The second-order valence-electron chi connectivity index (χ2n) is 5.02. The first-order valence-corrected chi connectivity index (χ1v) is 8.71. The quantitative estimate of drug-likeness (QED) is 0.506. The van der Waals surface area contributed by atoms with Gasteiger partial charge >= 0.3 is 0 Å². The molecule has 21 heavy (non-hydrogen) atoms. The van der Waals surface area contributed by atoms with E-state index in [1.54, 1.807) is 12.1 Å². The Labute approximate surface area is 143 Å². The van der Waals surface area contributed by atoms with Gasteiger partial charge in [-0.25, -0.2) is 9.37 Å².